The number of nitrogens with one attached hydrogen (secondary N) is 1. The minimum Gasteiger partial charge on any atom is -0.451 e. The molecule has 1 aliphatic rings. The van der Waals surface area contributed by atoms with E-state index in [9.17, 15) is 22.0 Å². The van der Waals surface area contributed by atoms with E-state index in [2.05, 4.69) is 5.32 Å². The highest BCUT2D eigenvalue weighted by Crippen LogP contribution is 2.30. The van der Waals surface area contributed by atoms with Crippen LogP contribution in [0.3, 0.4) is 0 Å². The van der Waals surface area contributed by atoms with Gasteiger partial charge in [0.05, 0.1) is 4.90 Å². The van der Waals surface area contributed by atoms with Crippen LogP contribution in [0.25, 0.3) is 11.0 Å². The first-order chi connectivity index (χ1) is 13.8. The fraction of sp³-hybridized carbons (Fsp3) is 0.250. The molecule has 1 fully saturated rings. The van der Waals surface area contributed by atoms with Gasteiger partial charge in [0.25, 0.3) is 5.91 Å². The average molecular weight is 420 g/mol. The van der Waals surface area contributed by atoms with Gasteiger partial charge in [0.15, 0.2) is 17.4 Å². The Kier molecular flexibility index (Phi) is 4.87. The number of aryl methyl sites for hydroxylation is 1. The molecule has 1 N–H and O–H groups in total. The van der Waals surface area contributed by atoms with Gasteiger partial charge >= 0.3 is 0 Å². The van der Waals surface area contributed by atoms with Gasteiger partial charge in [-0.2, -0.15) is 4.31 Å². The molecule has 29 heavy (non-hydrogen) atoms. The van der Waals surface area contributed by atoms with Crippen LogP contribution in [0.15, 0.2) is 45.7 Å². The zero-order valence-corrected chi connectivity index (χ0v) is 16.4. The van der Waals surface area contributed by atoms with E-state index >= 15 is 0 Å². The third-order valence-electron chi connectivity index (χ3n) is 4.99. The number of halogens is 2. The Bertz CT molecular complexity index is 1210. The molecular formula is C20H18F2N2O4S. The SMILES string of the molecule is Cc1c(C(=O)Nc2ccc(F)c(F)c2)oc2ccc(S(=O)(=O)N3CCCC3)cc12. The number of carbonyl (C=O) groups excluding carboxylic acids is 1. The fourth-order valence-corrected chi connectivity index (χ4v) is 4.96. The molecule has 1 aliphatic heterocycles. The number of rotatable bonds is 4. The molecule has 0 spiro atoms. The molecule has 0 atom stereocenters. The Morgan fingerprint density at radius 2 is 1.79 bits per heavy atom. The van der Waals surface area contributed by atoms with Gasteiger partial charge in [-0.05, 0) is 50.1 Å². The van der Waals surface area contributed by atoms with Crippen molar-refractivity contribution in [1.82, 2.24) is 4.31 Å². The average Bonchev–Trinajstić information content (AvgIpc) is 3.33. The van der Waals surface area contributed by atoms with Gasteiger partial charge < -0.3 is 9.73 Å². The van der Waals surface area contributed by atoms with Gasteiger partial charge in [-0.15, -0.1) is 0 Å². The zero-order chi connectivity index (χ0) is 20.8. The van der Waals surface area contributed by atoms with Gasteiger partial charge in [-0.3, -0.25) is 4.79 Å². The van der Waals surface area contributed by atoms with Crippen LogP contribution in [0.4, 0.5) is 14.5 Å². The van der Waals surface area contributed by atoms with Crippen molar-refractivity contribution < 1.29 is 26.4 Å². The summed E-state index contributed by atoms with van der Waals surface area (Å²) in [6.07, 6.45) is 1.67. The van der Waals surface area contributed by atoms with Gasteiger partial charge in [0.2, 0.25) is 10.0 Å². The van der Waals surface area contributed by atoms with E-state index in [0.717, 1.165) is 25.0 Å². The minimum absolute atomic E-state index is 0.0274. The van der Waals surface area contributed by atoms with E-state index < -0.39 is 27.6 Å². The van der Waals surface area contributed by atoms with Gasteiger partial charge in [-0.25, -0.2) is 17.2 Å². The summed E-state index contributed by atoms with van der Waals surface area (Å²) >= 11 is 0. The van der Waals surface area contributed by atoms with Crippen LogP contribution in [-0.2, 0) is 10.0 Å². The van der Waals surface area contributed by atoms with Gasteiger partial charge in [0.1, 0.15) is 5.58 Å². The Labute approximate surface area is 166 Å². The number of hydrogen-bond acceptors (Lipinski definition) is 4. The first kappa shape index (κ1) is 19.5. The van der Waals surface area contributed by atoms with Crippen molar-refractivity contribution in [3.8, 4) is 0 Å². The third-order valence-corrected chi connectivity index (χ3v) is 6.89. The Balaban J connectivity index is 1.67. The first-order valence-electron chi connectivity index (χ1n) is 9.07. The number of furan rings is 1. The molecule has 1 aromatic heterocycles. The largest absolute Gasteiger partial charge is 0.451 e. The lowest BCUT2D eigenvalue weighted by Crippen LogP contribution is -2.27. The van der Waals surface area contributed by atoms with Gasteiger partial charge in [-0.1, -0.05) is 0 Å². The Morgan fingerprint density at radius 3 is 2.48 bits per heavy atom. The van der Waals surface area contributed by atoms with Crippen LogP contribution in [-0.4, -0.2) is 31.7 Å². The number of hydrogen-bond donors (Lipinski definition) is 1. The predicted molar refractivity (Wildman–Crippen MR) is 103 cm³/mol. The molecule has 2 aromatic carbocycles. The summed E-state index contributed by atoms with van der Waals surface area (Å²) in [6.45, 7) is 2.62. The van der Waals surface area contributed by atoms with E-state index in [1.54, 1.807) is 6.92 Å². The van der Waals surface area contributed by atoms with Crippen molar-refractivity contribution in [3.05, 3.63) is 59.4 Å². The topological polar surface area (TPSA) is 79.6 Å². The molecule has 0 bridgehead atoms. The number of sulfonamides is 1. The monoisotopic (exact) mass is 420 g/mol. The summed E-state index contributed by atoms with van der Waals surface area (Å²) in [5, 5.41) is 2.95. The van der Waals surface area contributed by atoms with Crippen molar-refractivity contribution >= 4 is 32.6 Å². The lowest BCUT2D eigenvalue weighted by molar-refractivity contribution is 0.0998. The molecular weight excluding hydrogens is 402 g/mol. The fourth-order valence-electron chi connectivity index (χ4n) is 3.42. The molecule has 0 unspecified atom stereocenters. The number of benzene rings is 2. The lowest BCUT2D eigenvalue weighted by Gasteiger charge is -2.15. The number of amides is 1. The summed E-state index contributed by atoms with van der Waals surface area (Å²) in [6, 6.07) is 7.47. The number of carbonyl (C=O) groups is 1. The van der Waals surface area contributed by atoms with Crippen LogP contribution >= 0.6 is 0 Å². The van der Waals surface area contributed by atoms with Gasteiger partial charge in [0, 0.05) is 35.8 Å². The number of anilines is 1. The molecule has 6 nitrogen and oxygen atoms in total. The van der Waals surface area contributed by atoms with E-state index in [0.29, 0.717) is 29.6 Å². The molecule has 0 aliphatic carbocycles. The van der Waals surface area contributed by atoms with Crippen molar-refractivity contribution in [3.63, 3.8) is 0 Å². The molecule has 9 heteroatoms. The first-order valence-corrected chi connectivity index (χ1v) is 10.5. The van der Waals surface area contributed by atoms with Crippen LogP contribution in [0.2, 0.25) is 0 Å². The van der Waals surface area contributed by atoms with E-state index in [-0.39, 0.29) is 16.3 Å². The summed E-state index contributed by atoms with van der Waals surface area (Å²) in [5.41, 5.74) is 0.892. The maximum absolute atomic E-state index is 13.4. The Morgan fingerprint density at radius 1 is 1.07 bits per heavy atom. The summed E-state index contributed by atoms with van der Waals surface area (Å²) in [7, 11) is -3.60. The summed E-state index contributed by atoms with van der Waals surface area (Å²) < 4.78 is 59.0. The van der Waals surface area contributed by atoms with Crippen molar-refractivity contribution in [2.24, 2.45) is 0 Å². The molecule has 3 aromatic rings. The number of fused-ring (bicyclic) bond motifs is 1. The molecule has 2 heterocycles. The highest BCUT2D eigenvalue weighted by Gasteiger charge is 2.28. The number of nitrogens with zero attached hydrogens (tertiary/aromatic N) is 1. The maximum atomic E-state index is 13.4. The third kappa shape index (κ3) is 3.51. The normalized spacial score (nSPS) is 15.1. The molecule has 0 radical (unpaired) electrons. The molecule has 152 valence electrons. The van der Waals surface area contributed by atoms with Crippen LogP contribution in [0, 0.1) is 18.6 Å². The molecule has 1 saturated heterocycles. The standard InChI is InChI=1S/C20H18F2N2O4S/c1-12-15-11-14(29(26,27)24-8-2-3-9-24)5-7-18(15)28-19(12)20(25)23-13-4-6-16(21)17(22)10-13/h4-7,10-11H,2-3,8-9H2,1H3,(H,23,25). The molecule has 0 saturated carbocycles. The van der Waals surface area contributed by atoms with Crippen LogP contribution < -0.4 is 5.32 Å². The second-order valence-corrected chi connectivity index (χ2v) is 8.85. The Hall–Kier alpha value is -2.78. The molecule has 1 amide bonds. The predicted octanol–water partition coefficient (Wildman–Crippen LogP) is 4.06. The quantitative estimate of drug-likeness (QED) is 0.691. The second kappa shape index (κ2) is 7.23. The highest BCUT2D eigenvalue weighted by molar-refractivity contribution is 7.89. The zero-order valence-electron chi connectivity index (χ0n) is 15.5. The van der Waals surface area contributed by atoms with E-state index in [1.807, 2.05) is 0 Å². The second-order valence-electron chi connectivity index (χ2n) is 6.91. The van der Waals surface area contributed by atoms with Crippen LogP contribution in [0.1, 0.15) is 29.0 Å². The van der Waals surface area contributed by atoms with E-state index in [1.165, 1.54) is 28.6 Å². The summed E-state index contributed by atoms with van der Waals surface area (Å²) in [4.78, 5) is 12.7. The van der Waals surface area contributed by atoms with E-state index in [4.69, 9.17) is 4.42 Å². The van der Waals surface area contributed by atoms with Crippen LogP contribution in [0.5, 0.6) is 0 Å². The minimum atomic E-state index is -3.60. The van der Waals surface area contributed by atoms with Crippen molar-refractivity contribution in [2.75, 3.05) is 18.4 Å². The highest BCUT2D eigenvalue weighted by atomic mass is 32.2. The smallest absolute Gasteiger partial charge is 0.291 e. The lowest BCUT2D eigenvalue weighted by atomic mass is 10.1. The van der Waals surface area contributed by atoms with Crippen molar-refractivity contribution in [2.45, 2.75) is 24.7 Å². The molecule has 4 rings (SSSR count). The summed E-state index contributed by atoms with van der Waals surface area (Å²) in [5.74, 6) is -2.77. The maximum Gasteiger partial charge on any atom is 0.291 e. The van der Waals surface area contributed by atoms with Crippen molar-refractivity contribution in [1.29, 1.82) is 0 Å².